The molecule has 3 rings (SSSR count). The normalized spacial score (nSPS) is 11.7. The van der Waals surface area contributed by atoms with Gasteiger partial charge in [-0.2, -0.15) is 13.2 Å². The molecule has 0 saturated heterocycles. The van der Waals surface area contributed by atoms with Crippen molar-refractivity contribution < 1.29 is 22.6 Å². The van der Waals surface area contributed by atoms with Crippen molar-refractivity contribution in [3.05, 3.63) is 48.0 Å². The first-order chi connectivity index (χ1) is 10.9. The predicted molar refractivity (Wildman–Crippen MR) is 85.4 cm³/mol. The van der Waals surface area contributed by atoms with Crippen LogP contribution in [0, 0.1) is 0 Å². The van der Waals surface area contributed by atoms with Crippen LogP contribution in [0.3, 0.4) is 0 Å². The lowest BCUT2D eigenvalue weighted by Gasteiger charge is -2.08. The van der Waals surface area contributed by atoms with Crippen molar-refractivity contribution in [3.63, 3.8) is 0 Å². The monoisotopic (exact) mass is 338 g/mol. The number of rotatable bonds is 3. The highest BCUT2D eigenvalue weighted by molar-refractivity contribution is 7.22. The highest BCUT2D eigenvalue weighted by Crippen LogP contribution is 2.42. The minimum absolute atomic E-state index is 0.241. The summed E-state index contributed by atoms with van der Waals surface area (Å²) in [5.41, 5.74) is 0.184. The Morgan fingerprint density at radius 2 is 1.65 bits per heavy atom. The lowest BCUT2D eigenvalue weighted by molar-refractivity contribution is -0.136. The first kappa shape index (κ1) is 15.7. The van der Waals surface area contributed by atoms with Crippen LogP contribution in [0.15, 0.2) is 42.5 Å². The van der Waals surface area contributed by atoms with Gasteiger partial charge in [0.1, 0.15) is 0 Å². The van der Waals surface area contributed by atoms with E-state index in [0.29, 0.717) is 16.9 Å². The summed E-state index contributed by atoms with van der Waals surface area (Å²) in [6, 6.07) is 11.3. The number of hydrogen-bond donors (Lipinski definition) is 0. The SMILES string of the molecule is COc1ccc(-c2cc3cccc(C(F)(F)F)c3s2)cc1OC. The third-order valence-electron chi connectivity index (χ3n) is 3.52. The molecule has 0 atom stereocenters. The number of thiophene rings is 1. The molecule has 0 fully saturated rings. The Kier molecular flexibility index (Phi) is 3.93. The summed E-state index contributed by atoms with van der Waals surface area (Å²) in [5, 5.41) is 0.578. The smallest absolute Gasteiger partial charge is 0.417 e. The van der Waals surface area contributed by atoms with Gasteiger partial charge in [0.15, 0.2) is 11.5 Å². The molecule has 0 aliphatic carbocycles. The third kappa shape index (κ3) is 2.86. The van der Waals surface area contributed by atoms with Gasteiger partial charge in [0.25, 0.3) is 0 Å². The maximum absolute atomic E-state index is 13.1. The van der Waals surface area contributed by atoms with Crippen LogP contribution in [0.25, 0.3) is 20.5 Å². The number of fused-ring (bicyclic) bond motifs is 1. The van der Waals surface area contributed by atoms with Crippen molar-refractivity contribution >= 4 is 21.4 Å². The van der Waals surface area contributed by atoms with Gasteiger partial charge in [-0.25, -0.2) is 0 Å². The zero-order chi connectivity index (χ0) is 16.6. The fraction of sp³-hybridized carbons (Fsp3) is 0.176. The molecule has 0 aliphatic heterocycles. The Morgan fingerprint density at radius 1 is 0.913 bits per heavy atom. The highest BCUT2D eigenvalue weighted by atomic mass is 32.1. The van der Waals surface area contributed by atoms with Gasteiger partial charge in [0.2, 0.25) is 0 Å². The molecule has 0 saturated carbocycles. The van der Waals surface area contributed by atoms with Crippen molar-refractivity contribution in [2.75, 3.05) is 14.2 Å². The maximum Gasteiger partial charge on any atom is 0.417 e. The quantitative estimate of drug-likeness (QED) is 0.618. The summed E-state index contributed by atoms with van der Waals surface area (Å²) in [5.74, 6) is 1.12. The standard InChI is InChI=1S/C17H13F3O2S/c1-21-13-7-6-10(8-14(13)22-2)15-9-11-4-3-5-12(16(11)23-15)17(18,19)20/h3-9H,1-2H3. The molecule has 2 nitrogen and oxygen atoms in total. The summed E-state index contributed by atoms with van der Waals surface area (Å²) in [6.07, 6.45) is -4.36. The lowest BCUT2D eigenvalue weighted by Crippen LogP contribution is -2.04. The molecule has 120 valence electrons. The molecular weight excluding hydrogens is 325 g/mol. The van der Waals surface area contributed by atoms with Gasteiger partial charge in [-0.05, 0) is 41.3 Å². The molecule has 0 spiro atoms. The van der Waals surface area contributed by atoms with Crippen molar-refractivity contribution in [3.8, 4) is 21.9 Å². The molecule has 1 aromatic heterocycles. The molecule has 0 unspecified atom stereocenters. The van der Waals surface area contributed by atoms with Crippen molar-refractivity contribution in [1.82, 2.24) is 0 Å². The van der Waals surface area contributed by atoms with Crippen LogP contribution in [0.1, 0.15) is 5.56 Å². The Labute approximate surface area is 135 Å². The molecule has 0 bridgehead atoms. The Bertz CT molecular complexity index is 853. The predicted octanol–water partition coefficient (Wildman–Crippen LogP) is 5.60. The summed E-state index contributed by atoms with van der Waals surface area (Å²) in [7, 11) is 3.06. The summed E-state index contributed by atoms with van der Waals surface area (Å²) in [6.45, 7) is 0. The van der Waals surface area contributed by atoms with Gasteiger partial charge >= 0.3 is 6.18 Å². The van der Waals surface area contributed by atoms with Crippen LogP contribution in [-0.2, 0) is 6.18 Å². The molecule has 0 amide bonds. The van der Waals surface area contributed by atoms with Crippen LogP contribution in [0.5, 0.6) is 11.5 Å². The van der Waals surface area contributed by atoms with E-state index in [2.05, 4.69) is 0 Å². The average molecular weight is 338 g/mol. The number of hydrogen-bond acceptors (Lipinski definition) is 3. The van der Waals surface area contributed by atoms with E-state index in [0.717, 1.165) is 27.8 Å². The largest absolute Gasteiger partial charge is 0.493 e. The Hall–Kier alpha value is -2.21. The van der Waals surface area contributed by atoms with E-state index in [-0.39, 0.29) is 4.70 Å². The molecule has 3 aromatic rings. The summed E-state index contributed by atoms with van der Waals surface area (Å²) >= 11 is 1.12. The first-order valence-corrected chi connectivity index (χ1v) is 7.58. The number of methoxy groups -OCH3 is 2. The van der Waals surface area contributed by atoms with Crippen LogP contribution >= 0.6 is 11.3 Å². The van der Waals surface area contributed by atoms with Crippen molar-refractivity contribution in [1.29, 1.82) is 0 Å². The lowest BCUT2D eigenvalue weighted by atomic mass is 10.1. The maximum atomic E-state index is 13.1. The molecule has 0 aliphatic rings. The van der Waals surface area contributed by atoms with E-state index in [9.17, 15) is 13.2 Å². The van der Waals surface area contributed by atoms with Crippen LogP contribution in [0.4, 0.5) is 13.2 Å². The first-order valence-electron chi connectivity index (χ1n) is 6.76. The molecule has 0 N–H and O–H groups in total. The van der Waals surface area contributed by atoms with Gasteiger partial charge < -0.3 is 9.47 Å². The van der Waals surface area contributed by atoms with E-state index < -0.39 is 11.7 Å². The van der Waals surface area contributed by atoms with E-state index in [1.165, 1.54) is 20.3 Å². The second-order valence-electron chi connectivity index (χ2n) is 4.90. The molecular formula is C17H13F3O2S. The number of ether oxygens (including phenoxy) is 2. The van der Waals surface area contributed by atoms with Crippen molar-refractivity contribution in [2.45, 2.75) is 6.18 Å². The molecule has 2 aromatic carbocycles. The average Bonchev–Trinajstić information content (AvgIpc) is 2.97. The number of alkyl halides is 3. The van der Waals surface area contributed by atoms with Gasteiger partial charge in [-0.3, -0.25) is 0 Å². The minimum Gasteiger partial charge on any atom is -0.493 e. The Morgan fingerprint density at radius 3 is 2.30 bits per heavy atom. The van der Waals surface area contributed by atoms with Gasteiger partial charge in [-0.15, -0.1) is 11.3 Å². The minimum atomic E-state index is -4.36. The van der Waals surface area contributed by atoms with Crippen LogP contribution in [0.2, 0.25) is 0 Å². The van der Waals surface area contributed by atoms with Gasteiger partial charge in [-0.1, -0.05) is 12.1 Å². The second-order valence-corrected chi connectivity index (χ2v) is 5.95. The fourth-order valence-electron chi connectivity index (χ4n) is 2.42. The zero-order valence-corrected chi connectivity index (χ0v) is 13.2. The molecule has 6 heteroatoms. The van der Waals surface area contributed by atoms with Gasteiger partial charge in [0, 0.05) is 9.58 Å². The summed E-state index contributed by atoms with van der Waals surface area (Å²) < 4.78 is 50.0. The van der Waals surface area contributed by atoms with Crippen molar-refractivity contribution in [2.24, 2.45) is 0 Å². The third-order valence-corrected chi connectivity index (χ3v) is 4.75. The summed E-state index contributed by atoms with van der Waals surface area (Å²) in [4.78, 5) is 0.748. The van der Waals surface area contributed by atoms with Crippen LogP contribution < -0.4 is 9.47 Å². The Balaban J connectivity index is 2.15. The zero-order valence-electron chi connectivity index (χ0n) is 12.4. The molecule has 23 heavy (non-hydrogen) atoms. The van der Waals surface area contributed by atoms with E-state index in [4.69, 9.17) is 9.47 Å². The number of halogens is 3. The van der Waals surface area contributed by atoms with E-state index >= 15 is 0 Å². The van der Waals surface area contributed by atoms with E-state index in [1.54, 1.807) is 30.3 Å². The second kappa shape index (κ2) is 5.77. The number of benzene rings is 2. The van der Waals surface area contributed by atoms with Crippen LogP contribution in [-0.4, -0.2) is 14.2 Å². The fourth-order valence-corrected chi connectivity index (χ4v) is 3.61. The highest BCUT2D eigenvalue weighted by Gasteiger charge is 2.33. The molecule has 0 radical (unpaired) electrons. The van der Waals surface area contributed by atoms with E-state index in [1.807, 2.05) is 0 Å². The van der Waals surface area contributed by atoms with Gasteiger partial charge in [0.05, 0.1) is 19.8 Å². The molecule has 1 heterocycles. The topological polar surface area (TPSA) is 18.5 Å².